The van der Waals surface area contributed by atoms with Crippen LogP contribution < -0.4 is 5.73 Å². The van der Waals surface area contributed by atoms with Crippen LogP contribution in [0, 0.1) is 10.1 Å². The van der Waals surface area contributed by atoms with Crippen LogP contribution in [0.3, 0.4) is 0 Å². The molecule has 1 aromatic heterocycles. The van der Waals surface area contributed by atoms with Crippen molar-refractivity contribution < 1.29 is 10.0 Å². The number of nitro groups is 1. The molecule has 0 aliphatic rings. The van der Waals surface area contributed by atoms with Crippen LogP contribution in [0.1, 0.15) is 0 Å². The maximum absolute atomic E-state index is 10.6. The summed E-state index contributed by atoms with van der Waals surface area (Å²) < 4.78 is 0. The van der Waals surface area contributed by atoms with Crippen molar-refractivity contribution in [2.75, 3.05) is 5.73 Å². The lowest BCUT2D eigenvalue weighted by Gasteiger charge is -2.04. The van der Waals surface area contributed by atoms with Crippen LogP contribution in [-0.2, 0) is 0 Å². The van der Waals surface area contributed by atoms with Crippen molar-refractivity contribution in [2.45, 2.75) is 0 Å². The van der Waals surface area contributed by atoms with Crippen LogP contribution in [0.2, 0.25) is 0 Å². The first-order valence-electron chi connectivity index (χ1n) is 4.77. The monoisotopic (exact) mass is 231 g/mol. The van der Waals surface area contributed by atoms with Gasteiger partial charge in [-0.3, -0.25) is 15.1 Å². The Balaban J connectivity index is 2.53. The van der Waals surface area contributed by atoms with Gasteiger partial charge in [0, 0.05) is 35.6 Å². The van der Waals surface area contributed by atoms with Gasteiger partial charge in [0.2, 0.25) is 0 Å². The van der Waals surface area contributed by atoms with Crippen LogP contribution >= 0.6 is 0 Å². The predicted octanol–water partition coefficient (Wildman–Crippen LogP) is 1.94. The van der Waals surface area contributed by atoms with E-state index in [4.69, 9.17) is 5.73 Å². The van der Waals surface area contributed by atoms with Gasteiger partial charge in [0.05, 0.1) is 10.6 Å². The summed E-state index contributed by atoms with van der Waals surface area (Å²) in [6.07, 6.45) is 1.32. The Kier molecular flexibility index (Phi) is 2.61. The molecule has 0 amide bonds. The van der Waals surface area contributed by atoms with Crippen LogP contribution in [0.15, 0.2) is 36.5 Å². The highest BCUT2D eigenvalue weighted by atomic mass is 16.6. The molecule has 0 radical (unpaired) electrons. The third-order valence-electron chi connectivity index (χ3n) is 2.25. The normalized spacial score (nSPS) is 10.1. The van der Waals surface area contributed by atoms with Crippen molar-refractivity contribution in [1.29, 1.82) is 0 Å². The number of aromatic nitrogens is 1. The topological polar surface area (TPSA) is 102 Å². The van der Waals surface area contributed by atoms with Crippen LogP contribution in [0.5, 0.6) is 5.75 Å². The van der Waals surface area contributed by atoms with E-state index in [0.717, 1.165) is 0 Å². The Morgan fingerprint density at radius 2 is 2.06 bits per heavy atom. The number of phenolic OH excluding ortho intramolecular Hbond substituents is 1. The summed E-state index contributed by atoms with van der Waals surface area (Å²) in [7, 11) is 0. The van der Waals surface area contributed by atoms with Gasteiger partial charge in [0.15, 0.2) is 0 Å². The zero-order valence-corrected chi connectivity index (χ0v) is 8.70. The minimum Gasteiger partial charge on any atom is -0.507 e. The van der Waals surface area contributed by atoms with Crippen LogP contribution in [-0.4, -0.2) is 15.0 Å². The predicted molar refractivity (Wildman–Crippen MR) is 62.4 cm³/mol. The van der Waals surface area contributed by atoms with Gasteiger partial charge in [-0.1, -0.05) is 0 Å². The Labute approximate surface area is 96.5 Å². The minimum absolute atomic E-state index is 0.0574. The second kappa shape index (κ2) is 4.09. The van der Waals surface area contributed by atoms with Crippen molar-refractivity contribution in [3.05, 3.63) is 46.6 Å². The van der Waals surface area contributed by atoms with E-state index in [1.54, 1.807) is 12.1 Å². The van der Waals surface area contributed by atoms with Crippen molar-refractivity contribution in [3.8, 4) is 17.0 Å². The highest BCUT2D eigenvalue weighted by Crippen LogP contribution is 2.30. The van der Waals surface area contributed by atoms with Gasteiger partial charge in [-0.25, -0.2) is 0 Å². The van der Waals surface area contributed by atoms with Gasteiger partial charge >= 0.3 is 0 Å². The molecule has 0 saturated carbocycles. The summed E-state index contributed by atoms with van der Waals surface area (Å²) in [4.78, 5) is 14.1. The van der Waals surface area contributed by atoms with Crippen LogP contribution in [0.25, 0.3) is 11.3 Å². The molecule has 0 fully saturated rings. The van der Waals surface area contributed by atoms with Gasteiger partial charge in [-0.05, 0) is 12.1 Å². The zero-order chi connectivity index (χ0) is 12.4. The van der Waals surface area contributed by atoms with E-state index >= 15 is 0 Å². The highest BCUT2D eigenvalue weighted by molar-refractivity contribution is 5.70. The van der Waals surface area contributed by atoms with E-state index in [0.29, 0.717) is 16.9 Å². The molecule has 1 aromatic carbocycles. The number of rotatable bonds is 2. The Morgan fingerprint density at radius 1 is 1.29 bits per heavy atom. The number of nitrogens with two attached hydrogens (primary N) is 1. The summed E-state index contributed by atoms with van der Waals surface area (Å²) >= 11 is 0. The van der Waals surface area contributed by atoms with E-state index in [9.17, 15) is 15.2 Å². The molecule has 0 aliphatic carbocycles. The molecule has 86 valence electrons. The van der Waals surface area contributed by atoms with E-state index in [-0.39, 0.29) is 11.4 Å². The van der Waals surface area contributed by atoms with Gasteiger partial charge in [-0.2, -0.15) is 0 Å². The first-order valence-corrected chi connectivity index (χ1v) is 4.77. The lowest BCUT2D eigenvalue weighted by molar-refractivity contribution is -0.384. The van der Waals surface area contributed by atoms with Crippen molar-refractivity contribution >= 4 is 11.4 Å². The van der Waals surface area contributed by atoms with Crippen molar-refractivity contribution in [2.24, 2.45) is 0 Å². The maximum atomic E-state index is 10.6. The molecule has 6 nitrogen and oxygen atoms in total. The molecular formula is C11H9N3O3. The Morgan fingerprint density at radius 3 is 2.71 bits per heavy atom. The molecule has 2 rings (SSSR count). The molecule has 2 aromatic rings. The third kappa shape index (κ3) is 2.15. The summed E-state index contributed by atoms with van der Waals surface area (Å²) in [6.45, 7) is 0. The zero-order valence-electron chi connectivity index (χ0n) is 8.70. The van der Waals surface area contributed by atoms with Crippen molar-refractivity contribution in [3.63, 3.8) is 0 Å². The molecule has 6 heteroatoms. The molecular weight excluding hydrogens is 222 g/mol. The summed E-state index contributed by atoms with van der Waals surface area (Å²) in [5.74, 6) is -0.0574. The summed E-state index contributed by atoms with van der Waals surface area (Å²) in [5.41, 5.74) is 6.57. The number of nitrogen functional groups attached to an aromatic ring is 1. The average molecular weight is 231 g/mol. The number of anilines is 1. The van der Waals surface area contributed by atoms with Gasteiger partial charge < -0.3 is 10.8 Å². The number of phenols is 1. The molecule has 0 saturated heterocycles. The number of nitrogens with zero attached hydrogens (tertiary/aromatic N) is 2. The first kappa shape index (κ1) is 10.9. The molecule has 1 heterocycles. The van der Waals surface area contributed by atoms with E-state index in [1.165, 1.54) is 24.4 Å². The van der Waals surface area contributed by atoms with E-state index in [1.807, 2.05) is 0 Å². The molecule has 3 N–H and O–H groups in total. The minimum atomic E-state index is -0.514. The third-order valence-corrected chi connectivity index (χ3v) is 2.25. The fraction of sp³-hybridized carbons (Fsp3) is 0. The van der Waals surface area contributed by atoms with E-state index in [2.05, 4.69) is 4.98 Å². The van der Waals surface area contributed by atoms with Gasteiger partial charge in [0.25, 0.3) is 5.69 Å². The summed E-state index contributed by atoms with van der Waals surface area (Å²) in [5, 5.41) is 20.3. The smallest absolute Gasteiger partial charge is 0.273 e. The lowest BCUT2D eigenvalue weighted by Crippen LogP contribution is -1.91. The molecule has 0 bridgehead atoms. The average Bonchev–Trinajstić information content (AvgIpc) is 2.29. The Bertz CT molecular complexity index is 584. The fourth-order valence-electron chi connectivity index (χ4n) is 1.45. The van der Waals surface area contributed by atoms with Gasteiger partial charge in [-0.15, -0.1) is 0 Å². The number of benzene rings is 1. The fourth-order valence-corrected chi connectivity index (χ4v) is 1.45. The lowest BCUT2D eigenvalue weighted by atomic mass is 10.1. The molecule has 0 unspecified atom stereocenters. The van der Waals surface area contributed by atoms with Crippen molar-refractivity contribution in [1.82, 2.24) is 4.98 Å². The number of hydrogen-bond acceptors (Lipinski definition) is 5. The van der Waals surface area contributed by atoms with E-state index < -0.39 is 4.92 Å². The number of hydrogen-bond donors (Lipinski definition) is 2. The van der Waals surface area contributed by atoms with Gasteiger partial charge in [0.1, 0.15) is 5.75 Å². The largest absolute Gasteiger partial charge is 0.507 e. The Hall–Kier alpha value is -2.63. The first-order chi connectivity index (χ1) is 8.08. The highest BCUT2D eigenvalue weighted by Gasteiger charge is 2.11. The SMILES string of the molecule is Nc1ccc(-c2cc([N+](=O)[O-])ccn2)c(O)c1. The maximum Gasteiger partial charge on any atom is 0.273 e. The number of aromatic hydroxyl groups is 1. The molecule has 0 atom stereocenters. The standard InChI is InChI=1S/C11H9N3O3/c12-7-1-2-9(11(15)5-7)10-6-8(14(16)17)3-4-13-10/h1-6,15H,12H2. The molecule has 0 aliphatic heterocycles. The summed E-state index contributed by atoms with van der Waals surface area (Å²) in [6, 6.07) is 7.12. The molecule has 0 spiro atoms. The van der Waals surface area contributed by atoms with Crippen LogP contribution in [0.4, 0.5) is 11.4 Å². The molecule has 17 heavy (non-hydrogen) atoms. The quantitative estimate of drug-likeness (QED) is 0.467. The second-order valence-electron chi connectivity index (χ2n) is 3.43. The second-order valence-corrected chi connectivity index (χ2v) is 3.43. The number of pyridine rings is 1.